The van der Waals surface area contributed by atoms with Gasteiger partial charge in [0, 0.05) is 31.4 Å². The Bertz CT molecular complexity index is 1770. The molecule has 2 atom stereocenters. The van der Waals surface area contributed by atoms with E-state index >= 15 is 0 Å². The molecule has 3 amide bonds. The van der Waals surface area contributed by atoms with Crippen LogP contribution in [0.1, 0.15) is 31.0 Å². The van der Waals surface area contributed by atoms with Crippen molar-refractivity contribution in [2.75, 3.05) is 19.4 Å². The normalized spacial score (nSPS) is 13.1. The summed E-state index contributed by atoms with van der Waals surface area (Å²) in [6.45, 7) is 3.18. The second kappa shape index (κ2) is 11.8. The van der Waals surface area contributed by atoms with E-state index in [4.69, 9.17) is 5.73 Å². The summed E-state index contributed by atoms with van der Waals surface area (Å²) in [5.41, 5.74) is 6.60. The van der Waals surface area contributed by atoms with Gasteiger partial charge in [0.25, 0.3) is 0 Å². The van der Waals surface area contributed by atoms with Gasteiger partial charge in [0.1, 0.15) is 12.1 Å². The molecule has 0 aliphatic carbocycles. The number of hydrogen-bond donors (Lipinski definition) is 3. The topological polar surface area (TPSA) is 122 Å². The van der Waals surface area contributed by atoms with Crippen LogP contribution >= 0.6 is 11.3 Å². The van der Waals surface area contributed by atoms with Gasteiger partial charge in [0.2, 0.25) is 17.7 Å². The van der Waals surface area contributed by atoms with Crippen molar-refractivity contribution >= 4 is 55.7 Å². The molecule has 0 aliphatic heterocycles. The van der Waals surface area contributed by atoms with E-state index in [-0.39, 0.29) is 18.1 Å². The maximum Gasteiger partial charge on any atom is 0.249 e. The number of aromatic nitrogens is 2. The summed E-state index contributed by atoms with van der Waals surface area (Å²) in [5.74, 6) is -0.756. The van der Waals surface area contributed by atoms with Gasteiger partial charge in [-0.3, -0.25) is 14.4 Å². The molecule has 10 heteroatoms. The lowest BCUT2D eigenvalue weighted by atomic mass is 10.0. The zero-order valence-corrected chi connectivity index (χ0v) is 24.8. The van der Waals surface area contributed by atoms with Crippen LogP contribution in [0.4, 0.5) is 5.82 Å². The molecule has 42 heavy (non-hydrogen) atoms. The van der Waals surface area contributed by atoms with Crippen LogP contribution in [-0.4, -0.2) is 57.8 Å². The van der Waals surface area contributed by atoms with Crippen molar-refractivity contribution in [3.63, 3.8) is 0 Å². The molecule has 2 heterocycles. The molecular weight excluding hydrogens is 548 g/mol. The van der Waals surface area contributed by atoms with Crippen LogP contribution in [-0.2, 0) is 20.8 Å². The molecular formula is C32H34N6O3S. The third kappa shape index (κ3) is 6.19. The van der Waals surface area contributed by atoms with E-state index in [1.165, 1.54) is 11.2 Å². The van der Waals surface area contributed by atoms with Gasteiger partial charge < -0.3 is 25.8 Å². The minimum absolute atomic E-state index is 0.139. The molecule has 0 saturated carbocycles. The molecule has 0 fully saturated rings. The largest absolute Gasteiger partial charge is 0.347 e. The van der Waals surface area contributed by atoms with E-state index in [9.17, 15) is 14.4 Å². The predicted octanol–water partition coefficient (Wildman–Crippen LogP) is 4.33. The molecule has 0 radical (unpaired) electrons. The number of thiophene rings is 1. The molecule has 5 aromatic rings. The van der Waals surface area contributed by atoms with Gasteiger partial charge >= 0.3 is 0 Å². The van der Waals surface area contributed by atoms with Crippen LogP contribution in [0, 0.1) is 0 Å². The molecule has 5 rings (SSSR count). The van der Waals surface area contributed by atoms with Crippen molar-refractivity contribution in [3.05, 3.63) is 95.8 Å². The SMILES string of the molecule is CN(C)C(=O)C(c1ccc2ccccc2c1)n1cnc(NC(=O)[C@@H](Cc2csc3ccccc23)NC(=O)C(C)(C)N)c1. The number of likely N-dealkylation sites (N-methyl/N-ethyl adjacent to an activating group) is 1. The van der Waals surface area contributed by atoms with Crippen LogP contribution < -0.4 is 16.4 Å². The number of carbonyl (C=O) groups excluding carboxylic acids is 3. The molecule has 0 spiro atoms. The van der Waals surface area contributed by atoms with Gasteiger partial charge in [0.05, 0.1) is 11.9 Å². The van der Waals surface area contributed by atoms with E-state index in [0.29, 0.717) is 0 Å². The first kappa shape index (κ1) is 29.0. The zero-order valence-electron chi connectivity index (χ0n) is 24.0. The van der Waals surface area contributed by atoms with E-state index in [2.05, 4.69) is 15.6 Å². The minimum Gasteiger partial charge on any atom is -0.347 e. The standard InChI is InChI=1S/C32H34N6O3S/c1-32(2,33)31(41)35-25(16-23-18-42-26-12-8-7-11-24(23)26)29(39)36-27-17-38(19-34-27)28(30(40)37(3)4)22-14-13-20-9-5-6-10-21(20)15-22/h5-15,17-19,25,28H,16,33H2,1-4H3,(H,35,41)(H,36,39)/t25-,28?/m1/s1. The van der Waals surface area contributed by atoms with Crippen molar-refractivity contribution in [2.45, 2.75) is 37.9 Å². The second-order valence-electron chi connectivity index (χ2n) is 11.1. The smallest absolute Gasteiger partial charge is 0.249 e. The minimum atomic E-state index is -1.17. The fourth-order valence-corrected chi connectivity index (χ4v) is 5.76. The monoisotopic (exact) mass is 582 g/mol. The molecule has 216 valence electrons. The Hall–Kier alpha value is -4.54. The van der Waals surface area contributed by atoms with Gasteiger partial charge in [-0.25, -0.2) is 4.98 Å². The summed E-state index contributed by atoms with van der Waals surface area (Å²) >= 11 is 1.59. The number of nitrogens with two attached hydrogens (primary N) is 1. The predicted molar refractivity (Wildman–Crippen MR) is 167 cm³/mol. The second-order valence-corrected chi connectivity index (χ2v) is 12.1. The first-order valence-electron chi connectivity index (χ1n) is 13.6. The Labute approximate surface area is 248 Å². The molecule has 4 N–H and O–H groups in total. The lowest BCUT2D eigenvalue weighted by Gasteiger charge is -2.24. The Morgan fingerprint density at radius 1 is 1.02 bits per heavy atom. The maximum absolute atomic E-state index is 13.6. The highest BCUT2D eigenvalue weighted by Gasteiger charge is 2.30. The molecule has 0 bridgehead atoms. The zero-order chi connectivity index (χ0) is 30.0. The lowest BCUT2D eigenvalue weighted by molar-refractivity contribution is -0.131. The van der Waals surface area contributed by atoms with Crippen molar-refractivity contribution in [1.82, 2.24) is 19.8 Å². The first-order valence-corrected chi connectivity index (χ1v) is 14.5. The number of rotatable bonds is 9. The third-order valence-corrected chi connectivity index (χ3v) is 8.12. The van der Waals surface area contributed by atoms with Crippen LogP contribution in [0.25, 0.3) is 20.9 Å². The molecule has 2 aromatic heterocycles. The fraction of sp³-hybridized carbons (Fsp3) is 0.250. The van der Waals surface area contributed by atoms with Gasteiger partial charge in [-0.1, -0.05) is 54.6 Å². The molecule has 9 nitrogen and oxygen atoms in total. The third-order valence-electron chi connectivity index (χ3n) is 7.11. The summed E-state index contributed by atoms with van der Waals surface area (Å²) in [6.07, 6.45) is 3.43. The first-order chi connectivity index (χ1) is 20.0. The average Bonchev–Trinajstić information content (AvgIpc) is 3.59. The summed E-state index contributed by atoms with van der Waals surface area (Å²) in [4.78, 5) is 45.7. The summed E-state index contributed by atoms with van der Waals surface area (Å²) in [6, 6.07) is 20.2. The number of hydrogen-bond acceptors (Lipinski definition) is 6. The number of carbonyl (C=O) groups is 3. The van der Waals surface area contributed by atoms with E-state index in [1.54, 1.807) is 50.0 Å². The Morgan fingerprint density at radius 2 is 1.74 bits per heavy atom. The van der Waals surface area contributed by atoms with Crippen LogP contribution in [0.15, 0.2) is 84.6 Å². The highest BCUT2D eigenvalue weighted by atomic mass is 32.1. The number of fused-ring (bicyclic) bond motifs is 2. The Kier molecular flexibility index (Phi) is 8.11. The maximum atomic E-state index is 13.6. The van der Waals surface area contributed by atoms with Crippen LogP contribution in [0.3, 0.4) is 0 Å². The van der Waals surface area contributed by atoms with E-state index in [0.717, 1.165) is 32.0 Å². The van der Waals surface area contributed by atoms with Crippen LogP contribution in [0.5, 0.6) is 0 Å². The highest BCUT2D eigenvalue weighted by Crippen LogP contribution is 2.28. The molecule has 0 saturated heterocycles. The van der Waals surface area contributed by atoms with Crippen molar-refractivity contribution in [2.24, 2.45) is 5.73 Å². The number of amides is 3. The number of nitrogens with one attached hydrogen (secondary N) is 2. The van der Waals surface area contributed by atoms with Gasteiger partial charge in [-0.05, 0) is 58.6 Å². The van der Waals surface area contributed by atoms with Crippen molar-refractivity contribution < 1.29 is 14.4 Å². The fourth-order valence-electron chi connectivity index (χ4n) is 4.78. The number of anilines is 1. The number of imidazole rings is 1. The summed E-state index contributed by atoms with van der Waals surface area (Å²) in [7, 11) is 3.41. The van der Waals surface area contributed by atoms with Crippen LogP contribution in [0.2, 0.25) is 0 Å². The quantitative estimate of drug-likeness (QED) is 0.239. The summed E-state index contributed by atoms with van der Waals surface area (Å²) in [5, 5.41) is 10.8. The highest BCUT2D eigenvalue weighted by molar-refractivity contribution is 7.17. The Morgan fingerprint density at radius 3 is 2.48 bits per heavy atom. The van der Waals surface area contributed by atoms with Gasteiger partial charge in [0.15, 0.2) is 5.82 Å². The number of benzene rings is 3. The lowest BCUT2D eigenvalue weighted by Crippen LogP contribution is -2.55. The Balaban J connectivity index is 1.42. The van der Waals surface area contributed by atoms with Crippen molar-refractivity contribution in [1.29, 1.82) is 0 Å². The average molecular weight is 583 g/mol. The molecule has 1 unspecified atom stereocenters. The molecule has 3 aromatic carbocycles. The van der Waals surface area contributed by atoms with Gasteiger partial charge in [-0.2, -0.15) is 0 Å². The molecule has 0 aliphatic rings. The van der Waals surface area contributed by atoms with Crippen molar-refractivity contribution in [3.8, 4) is 0 Å². The summed E-state index contributed by atoms with van der Waals surface area (Å²) < 4.78 is 2.78. The van der Waals surface area contributed by atoms with E-state index in [1.807, 2.05) is 72.1 Å². The van der Waals surface area contributed by atoms with E-state index < -0.39 is 29.4 Å². The van der Waals surface area contributed by atoms with Gasteiger partial charge in [-0.15, -0.1) is 11.3 Å². The number of nitrogens with zero attached hydrogens (tertiary/aromatic N) is 3.